The zero-order chi connectivity index (χ0) is 23.0. The fourth-order valence-corrected chi connectivity index (χ4v) is 4.29. The van der Waals surface area contributed by atoms with Gasteiger partial charge in [0, 0.05) is 11.4 Å². The molecule has 1 aliphatic rings. The summed E-state index contributed by atoms with van der Waals surface area (Å²) in [5.74, 6) is -1.54. The fraction of sp³-hybridized carbons (Fsp3) is 0.308. The normalized spacial score (nSPS) is 20.1. The molecule has 4 nitrogen and oxygen atoms in total. The van der Waals surface area contributed by atoms with Gasteiger partial charge in [-0.25, -0.2) is 9.18 Å². The number of carboxylic acid groups (broad SMARTS) is 1. The van der Waals surface area contributed by atoms with Crippen LogP contribution in [0, 0.1) is 0 Å². The van der Waals surface area contributed by atoms with Crippen LogP contribution in [0.4, 0.5) is 4.39 Å². The van der Waals surface area contributed by atoms with Gasteiger partial charge in [0.05, 0.1) is 11.1 Å². The van der Waals surface area contributed by atoms with Crippen LogP contribution in [0.15, 0.2) is 84.1 Å². The number of hydrogen-bond acceptors (Lipinski definition) is 3. The lowest BCUT2D eigenvalue weighted by molar-refractivity contribution is -0.151. The number of alkyl halides is 1. The molecule has 6 heteroatoms. The Morgan fingerprint density at radius 2 is 1.81 bits per heavy atom. The van der Waals surface area contributed by atoms with Crippen molar-refractivity contribution >= 4 is 23.3 Å². The largest absolute Gasteiger partial charge is 0.479 e. The number of aryl methyl sites for hydroxylation is 1. The second-order valence-electron chi connectivity index (χ2n) is 8.16. The second kappa shape index (κ2) is 10.6. The van der Waals surface area contributed by atoms with E-state index >= 15 is 4.39 Å². The van der Waals surface area contributed by atoms with Crippen molar-refractivity contribution in [3.05, 3.63) is 95.1 Å². The SMILES string of the molecule is O=C(O)C(F)(CCCCc1ccccc1)CC(=NO)C1(c2ccc(Cl)cc2)C=CC=CC1. The monoisotopic (exact) mass is 455 g/mol. The summed E-state index contributed by atoms with van der Waals surface area (Å²) in [6, 6.07) is 16.8. The standard InChI is InChI=1S/C26H27ClFNO3/c27-22-14-12-21(13-15-22)25(16-6-2-7-17-25)23(29-32)19-26(28,24(30)31)18-8-5-11-20-9-3-1-4-10-20/h1-4,6-7,9-10,12-16,32H,5,8,11,17-19H2,(H,30,31). The Morgan fingerprint density at radius 1 is 1.09 bits per heavy atom. The van der Waals surface area contributed by atoms with Gasteiger partial charge in [0.15, 0.2) is 0 Å². The van der Waals surface area contributed by atoms with E-state index in [2.05, 4.69) is 5.16 Å². The molecule has 0 bridgehead atoms. The molecule has 0 saturated carbocycles. The summed E-state index contributed by atoms with van der Waals surface area (Å²) < 4.78 is 15.7. The smallest absolute Gasteiger partial charge is 0.341 e. The number of nitrogens with zero attached hydrogens (tertiary/aromatic N) is 1. The highest BCUT2D eigenvalue weighted by atomic mass is 35.5. The molecule has 1 aliphatic carbocycles. The van der Waals surface area contributed by atoms with Gasteiger partial charge in [0.25, 0.3) is 0 Å². The molecule has 2 aromatic rings. The molecule has 0 saturated heterocycles. The van der Waals surface area contributed by atoms with Gasteiger partial charge < -0.3 is 10.3 Å². The van der Waals surface area contributed by atoms with Gasteiger partial charge >= 0.3 is 5.97 Å². The summed E-state index contributed by atoms with van der Waals surface area (Å²) in [7, 11) is 0. The molecule has 0 amide bonds. The first-order valence-electron chi connectivity index (χ1n) is 10.7. The zero-order valence-electron chi connectivity index (χ0n) is 17.8. The van der Waals surface area contributed by atoms with Gasteiger partial charge in [-0.2, -0.15) is 0 Å². The van der Waals surface area contributed by atoms with Crippen LogP contribution < -0.4 is 0 Å². The highest BCUT2D eigenvalue weighted by Gasteiger charge is 2.45. The predicted octanol–water partition coefficient (Wildman–Crippen LogP) is 6.52. The molecule has 0 aliphatic heterocycles. The highest BCUT2D eigenvalue weighted by Crippen LogP contribution is 2.39. The Labute approximate surface area is 192 Å². The van der Waals surface area contributed by atoms with E-state index in [9.17, 15) is 15.1 Å². The van der Waals surface area contributed by atoms with E-state index in [-0.39, 0.29) is 12.1 Å². The summed E-state index contributed by atoms with van der Waals surface area (Å²) in [6.07, 6.45) is 8.93. The minimum Gasteiger partial charge on any atom is -0.479 e. The molecular formula is C26H27ClFNO3. The van der Waals surface area contributed by atoms with Gasteiger partial charge in [-0.15, -0.1) is 0 Å². The number of benzene rings is 2. The van der Waals surface area contributed by atoms with Gasteiger partial charge in [-0.1, -0.05) is 83.5 Å². The topological polar surface area (TPSA) is 69.9 Å². The first-order chi connectivity index (χ1) is 15.4. The minimum atomic E-state index is -2.54. The van der Waals surface area contributed by atoms with Gasteiger partial charge in [-0.05, 0) is 55.4 Å². The van der Waals surface area contributed by atoms with Gasteiger partial charge in [-0.3, -0.25) is 0 Å². The number of rotatable bonds is 10. The molecule has 0 fully saturated rings. The number of hydrogen-bond donors (Lipinski definition) is 2. The van der Waals surface area contributed by atoms with E-state index < -0.39 is 23.5 Å². The minimum absolute atomic E-state index is 0.0772. The third-order valence-corrected chi connectivity index (χ3v) is 6.28. The predicted molar refractivity (Wildman–Crippen MR) is 125 cm³/mol. The van der Waals surface area contributed by atoms with Crippen LogP contribution in [0.3, 0.4) is 0 Å². The number of carbonyl (C=O) groups is 1. The van der Waals surface area contributed by atoms with E-state index in [1.807, 2.05) is 48.6 Å². The van der Waals surface area contributed by atoms with E-state index in [1.54, 1.807) is 30.3 Å². The summed E-state index contributed by atoms with van der Waals surface area (Å²) in [4.78, 5) is 11.9. The molecule has 0 spiro atoms. The molecule has 0 aromatic heterocycles. The molecule has 3 rings (SSSR count). The van der Waals surface area contributed by atoms with Crippen molar-refractivity contribution in [2.45, 2.75) is 49.6 Å². The molecule has 2 atom stereocenters. The van der Waals surface area contributed by atoms with Crippen LogP contribution in [-0.4, -0.2) is 27.7 Å². The van der Waals surface area contributed by atoms with Crippen LogP contribution in [0.1, 0.15) is 43.2 Å². The third kappa shape index (κ3) is 5.46. The maximum Gasteiger partial charge on any atom is 0.341 e. The summed E-state index contributed by atoms with van der Waals surface area (Å²) in [5, 5.41) is 23.6. The molecule has 2 aromatic carbocycles. The quantitative estimate of drug-likeness (QED) is 0.185. The summed E-state index contributed by atoms with van der Waals surface area (Å²) >= 11 is 6.02. The lowest BCUT2D eigenvalue weighted by Gasteiger charge is -2.35. The lowest BCUT2D eigenvalue weighted by Crippen LogP contribution is -2.43. The number of unbranched alkanes of at least 4 members (excludes halogenated alkanes) is 1. The second-order valence-corrected chi connectivity index (χ2v) is 8.59. The zero-order valence-corrected chi connectivity index (χ0v) is 18.5. The molecule has 0 heterocycles. The number of carboxylic acids is 1. The summed E-state index contributed by atoms with van der Waals surface area (Å²) in [5.41, 5.74) is -1.51. The van der Waals surface area contributed by atoms with Crippen molar-refractivity contribution in [2.24, 2.45) is 5.16 Å². The third-order valence-electron chi connectivity index (χ3n) is 6.03. The fourth-order valence-electron chi connectivity index (χ4n) is 4.16. The van der Waals surface area contributed by atoms with Crippen molar-refractivity contribution < 1.29 is 19.5 Å². The molecular weight excluding hydrogens is 429 g/mol. The van der Waals surface area contributed by atoms with Crippen LogP contribution >= 0.6 is 11.6 Å². The van der Waals surface area contributed by atoms with Crippen LogP contribution in [0.5, 0.6) is 0 Å². The Morgan fingerprint density at radius 3 is 2.41 bits per heavy atom. The van der Waals surface area contributed by atoms with Gasteiger partial charge in [0.1, 0.15) is 0 Å². The van der Waals surface area contributed by atoms with E-state index in [0.717, 1.165) is 17.5 Å². The van der Waals surface area contributed by atoms with Crippen molar-refractivity contribution in [3.63, 3.8) is 0 Å². The van der Waals surface area contributed by atoms with Crippen LogP contribution in [0.2, 0.25) is 5.02 Å². The van der Waals surface area contributed by atoms with Crippen LogP contribution in [-0.2, 0) is 16.6 Å². The Bertz CT molecular complexity index is 1000. The Kier molecular flexibility index (Phi) is 7.86. The Hall–Kier alpha value is -2.92. The number of aliphatic carboxylic acids is 1. The molecule has 0 radical (unpaired) electrons. The molecule has 2 unspecified atom stereocenters. The maximum atomic E-state index is 15.7. The number of halogens is 2. The molecule has 32 heavy (non-hydrogen) atoms. The maximum absolute atomic E-state index is 15.7. The molecule has 2 N–H and O–H groups in total. The molecule has 168 valence electrons. The van der Waals surface area contributed by atoms with Gasteiger partial charge in [0.2, 0.25) is 5.67 Å². The van der Waals surface area contributed by atoms with Crippen molar-refractivity contribution in [1.82, 2.24) is 0 Å². The van der Waals surface area contributed by atoms with Crippen molar-refractivity contribution in [2.75, 3.05) is 0 Å². The average molecular weight is 456 g/mol. The van der Waals surface area contributed by atoms with E-state index in [0.29, 0.717) is 24.3 Å². The van der Waals surface area contributed by atoms with E-state index in [1.165, 1.54) is 0 Å². The summed E-state index contributed by atoms with van der Waals surface area (Å²) in [6.45, 7) is 0. The highest BCUT2D eigenvalue weighted by molar-refractivity contribution is 6.30. The van der Waals surface area contributed by atoms with Crippen LogP contribution in [0.25, 0.3) is 0 Å². The average Bonchev–Trinajstić information content (AvgIpc) is 2.82. The first kappa shape index (κ1) is 23.7. The van der Waals surface area contributed by atoms with Crippen molar-refractivity contribution in [1.29, 1.82) is 0 Å². The Balaban J connectivity index is 1.78. The lowest BCUT2D eigenvalue weighted by atomic mass is 9.69. The first-order valence-corrected chi connectivity index (χ1v) is 11.1. The number of oxime groups is 1. The van der Waals surface area contributed by atoms with Crippen molar-refractivity contribution in [3.8, 4) is 0 Å². The van der Waals surface area contributed by atoms with E-state index in [4.69, 9.17) is 11.6 Å². The number of allylic oxidation sites excluding steroid dienone is 4.